The Hall–Kier alpha value is -2.93. The van der Waals surface area contributed by atoms with E-state index in [9.17, 15) is 4.79 Å². The number of amides is 2. The Bertz CT molecular complexity index is 944. The largest absolute Gasteiger partial charge is 0.496 e. The van der Waals surface area contributed by atoms with Gasteiger partial charge in [-0.1, -0.05) is 30.3 Å². The highest BCUT2D eigenvalue weighted by molar-refractivity contribution is 7.98. The molecule has 152 valence electrons. The molecular weight excluding hydrogens is 384 g/mol. The Morgan fingerprint density at radius 2 is 2.00 bits per heavy atom. The van der Waals surface area contributed by atoms with Crippen molar-refractivity contribution in [1.82, 2.24) is 20.0 Å². The zero-order valence-corrected chi connectivity index (χ0v) is 17.8. The summed E-state index contributed by atoms with van der Waals surface area (Å²) < 4.78 is 7.30. The third-order valence-corrected chi connectivity index (χ3v) is 5.33. The van der Waals surface area contributed by atoms with Crippen molar-refractivity contribution < 1.29 is 9.53 Å². The van der Waals surface area contributed by atoms with Gasteiger partial charge in [-0.2, -0.15) is 5.10 Å². The molecule has 1 heterocycles. The summed E-state index contributed by atoms with van der Waals surface area (Å²) in [6.45, 7) is 1.70. The number of nitrogens with one attached hydrogen (secondary N) is 1. The van der Waals surface area contributed by atoms with Crippen LogP contribution in [0.25, 0.3) is 0 Å². The fourth-order valence-electron chi connectivity index (χ4n) is 3.06. The third kappa shape index (κ3) is 5.77. The van der Waals surface area contributed by atoms with Crippen molar-refractivity contribution in [1.29, 1.82) is 0 Å². The average molecular weight is 411 g/mol. The van der Waals surface area contributed by atoms with E-state index in [4.69, 9.17) is 4.74 Å². The molecular formula is C22H26N4O2S. The minimum absolute atomic E-state index is 0.115. The van der Waals surface area contributed by atoms with Crippen molar-refractivity contribution in [3.8, 4) is 5.75 Å². The van der Waals surface area contributed by atoms with Crippen LogP contribution in [-0.4, -0.2) is 41.1 Å². The van der Waals surface area contributed by atoms with Crippen molar-refractivity contribution in [2.45, 2.75) is 24.5 Å². The molecule has 0 unspecified atom stereocenters. The van der Waals surface area contributed by atoms with E-state index in [1.807, 2.05) is 53.5 Å². The van der Waals surface area contributed by atoms with E-state index >= 15 is 0 Å². The second-order valence-electron chi connectivity index (χ2n) is 6.73. The van der Waals surface area contributed by atoms with E-state index in [2.05, 4.69) is 22.5 Å². The molecule has 29 heavy (non-hydrogen) atoms. The highest BCUT2D eigenvalue weighted by atomic mass is 32.2. The van der Waals surface area contributed by atoms with Gasteiger partial charge in [-0.25, -0.2) is 4.79 Å². The molecule has 2 aromatic carbocycles. The van der Waals surface area contributed by atoms with Gasteiger partial charge in [0.15, 0.2) is 0 Å². The summed E-state index contributed by atoms with van der Waals surface area (Å²) in [6, 6.07) is 16.0. The van der Waals surface area contributed by atoms with Crippen LogP contribution in [0.4, 0.5) is 4.79 Å². The molecule has 2 amide bonds. The average Bonchev–Trinajstić information content (AvgIpc) is 3.25. The van der Waals surface area contributed by atoms with Gasteiger partial charge in [0, 0.05) is 37.4 Å². The molecule has 1 aromatic heterocycles. The van der Waals surface area contributed by atoms with Crippen LogP contribution in [0.5, 0.6) is 5.75 Å². The highest BCUT2D eigenvalue weighted by Gasteiger charge is 2.11. The van der Waals surface area contributed by atoms with Gasteiger partial charge in [-0.15, -0.1) is 11.8 Å². The number of nitrogens with zero attached hydrogens (tertiary/aromatic N) is 3. The summed E-state index contributed by atoms with van der Waals surface area (Å²) in [5, 5.41) is 7.22. The van der Waals surface area contributed by atoms with Crippen LogP contribution in [-0.2, 0) is 19.6 Å². The fourth-order valence-corrected chi connectivity index (χ4v) is 3.60. The molecule has 0 bridgehead atoms. The Balaban J connectivity index is 1.55. The van der Waals surface area contributed by atoms with E-state index in [1.54, 1.807) is 37.0 Å². The summed E-state index contributed by atoms with van der Waals surface area (Å²) in [4.78, 5) is 15.3. The lowest BCUT2D eigenvalue weighted by molar-refractivity contribution is 0.206. The van der Waals surface area contributed by atoms with Crippen molar-refractivity contribution in [2.75, 3.05) is 20.4 Å². The van der Waals surface area contributed by atoms with E-state index in [0.29, 0.717) is 19.6 Å². The van der Waals surface area contributed by atoms with Crippen LogP contribution in [0.2, 0.25) is 0 Å². The first-order chi connectivity index (χ1) is 14.1. The minimum Gasteiger partial charge on any atom is -0.496 e. The number of thioether (sulfide) groups is 1. The molecule has 6 nitrogen and oxygen atoms in total. The summed E-state index contributed by atoms with van der Waals surface area (Å²) in [5.41, 5.74) is 3.23. The van der Waals surface area contributed by atoms with Crippen LogP contribution >= 0.6 is 11.8 Å². The van der Waals surface area contributed by atoms with Crippen molar-refractivity contribution in [3.05, 3.63) is 77.6 Å². The van der Waals surface area contributed by atoms with E-state index < -0.39 is 0 Å². The van der Waals surface area contributed by atoms with Crippen LogP contribution in [0.1, 0.15) is 16.7 Å². The summed E-state index contributed by atoms with van der Waals surface area (Å²) in [6.07, 6.45) is 5.72. The van der Waals surface area contributed by atoms with Crippen molar-refractivity contribution in [2.24, 2.45) is 0 Å². The van der Waals surface area contributed by atoms with Gasteiger partial charge >= 0.3 is 6.03 Å². The number of aromatic nitrogens is 2. The molecule has 3 rings (SSSR count). The van der Waals surface area contributed by atoms with Crippen molar-refractivity contribution >= 4 is 17.8 Å². The van der Waals surface area contributed by atoms with Crippen LogP contribution in [0, 0.1) is 0 Å². The summed E-state index contributed by atoms with van der Waals surface area (Å²) in [5.74, 6) is 0.831. The molecule has 0 spiro atoms. The van der Waals surface area contributed by atoms with Gasteiger partial charge in [0.25, 0.3) is 0 Å². The first-order valence-corrected chi connectivity index (χ1v) is 10.6. The number of carbonyl (C=O) groups excluding carboxylic acids is 1. The van der Waals surface area contributed by atoms with Gasteiger partial charge < -0.3 is 15.0 Å². The van der Waals surface area contributed by atoms with E-state index in [0.717, 1.165) is 27.3 Å². The standard InChI is InChI=1S/C22H26N4O2S/c1-25(15-19-8-9-21(29-3)20(13-19)28-2)22(27)23-14-17-6-4-7-18(12-17)16-26-11-5-10-24-26/h4-13H,14-16H2,1-3H3,(H,23,27). The van der Waals surface area contributed by atoms with Crippen LogP contribution in [0.3, 0.4) is 0 Å². The third-order valence-electron chi connectivity index (χ3n) is 4.55. The van der Waals surface area contributed by atoms with Crippen LogP contribution in [0.15, 0.2) is 65.8 Å². The number of hydrogen-bond donors (Lipinski definition) is 1. The number of rotatable bonds is 8. The molecule has 3 aromatic rings. The lowest BCUT2D eigenvalue weighted by atomic mass is 10.1. The maximum atomic E-state index is 12.5. The minimum atomic E-state index is -0.115. The smallest absolute Gasteiger partial charge is 0.317 e. The first-order valence-electron chi connectivity index (χ1n) is 9.34. The SMILES string of the molecule is COc1cc(CN(C)C(=O)NCc2cccc(Cn3cccn3)c2)ccc1SC. The Morgan fingerprint density at radius 1 is 1.17 bits per heavy atom. The molecule has 0 radical (unpaired) electrons. The maximum Gasteiger partial charge on any atom is 0.317 e. The molecule has 0 aliphatic rings. The zero-order valence-electron chi connectivity index (χ0n) is 17.0. The normalized spacial score (nSPS) is 10.6. The Kier molecular flexibility index (Phi) is 7.19. The number of carbonyl (C=O) groups is 1. The molecule has 0 aliphatic carbocycles. The molecule has 0 atom stereocenters. The molecule has 0 saturated carbocycles. The predicted octanol–water partition coefficient (Wildman–Crippen LogP) is 4.00. The summed E-state index contributed by atoms with van der Waals surface area (Å²) >= 11 is 1.64. The second-order valence-corrected chi connectivity index (χ2v) is 7.58. The number of methoxy groups -OCH3 is 1. The number of benzene rings is 2. The Labute approximate surface area is 175 Å². The molecule has 0 saturated heterocycles. The van der Waals surface area contributed by atoms with Gasteiger partial charge in [0.05, 0.1) is 13.7 Å². The van der Waals surface area contributed by atoms with Gasteiger partial charge in [0.1, 0.15) is 5.75 Å². The Morgan fingerprint density at radius 3 is 2.72 bits per heavy atom. The van der Waals surface area contributed by atoms with Gasteiger partial charge in [-0.3, -0.25) is 4.68 Å². The highest BCUT2D eigenvalue weighted by Crippen LogP contribution is 2.28. The monoisotopic (exact) mass is 410 g/mol. The second kappa shape index (κ2) is 10.0. The maximum absolute atomic E-state index is 12.5. The number of hydrogen-bond acceptors (Lipinski definition) is 4. The number of ether oxygens (including phenoxy) is 1. The van der Waals surface area contributed by atoms with Crippen molar-refractivity contribution in [3.63, 3.8) is 0 Å². The first kappa shape index (κ1) is 20.8. The lowest BCUT2D eigenvalue weighted by Crippen LogP contribution is -2.36. The van der Waals surface area contributed by atoms with E-state index in [-0.39, 0.29) is 6.03 Å². The quantitative estimate of drug-likeness (QED) is 0.570. The number of urea groups is 1. The zero-order chi connectivity index (χ0) is 20.6. The molecule has 1 N–H and O–H groups in total. The fraction of sp³-hybridized carbons (Fsp3) is 0.273. The topological polar surface area (TPSA) is 59.4 Å². The van der Waals surface area contributed by atoms with E-state index in [1.165, 1.54) is 0 Å². The van der Waals surface area contributed by atoms with Gasteiger partial charge in [-0.05, 0) is 41.1 Å². The van der Waals surface area contributed by atoms with Gasteiger partial charge in [0.2, 0.25) is 0 Å². The molecule has 0 aliphatic heterocycles. The predicted molar refractivity (Wildman–Crippen MR) is 116 cm³/mol. The molecule has 0 fully saturated rings. The summed E-state index contributed by atoms with van der Waals surface area (Å²) in [7, 11) is 3.45. The van der Waals surface area contributed by atoms with Crippen LogP contribution < -0.4 is 10.1 Å². The lowest BCUT2D eigenvalue weighted by Gasteiger charge is -2.19. The molecule has 7 heteroatoms.